The van der Waals surface area contributed by atoms with E-state index < -0.39 is 23.7 Å². The van der Waals surface area contributed by atoms with Crippen LogP contribution < -0.4 is 0 Å². The molecule has 0 radical (unpaired) electrons. The molecule has 1 fully saturated rings. The predicted octanol–water partition coefficient (Wildman–Crippen LogP) is 4.91. The molecule has 0 unspecified atom stereocenters. The van der Waals surface area contributed by atoms with Crippen molar-refractivity contribution in [2.45, 2.75) is 57.8 Å². The van der Waals surface area contributed by atoms with Gasteiger partial charge in [-0.2, -0.15) is 18.3 Å². The third-order valence-corrected chi connectivity index (χ3v) is 6.99. The smallest absolute Gasteiger partial charge is 0.435 e. The molecule has 4 rings (SSSR count). The number of hydrogen-bond donors (Lipinski definition) is 1. The zero-order valence-electron chi connectivity index (χ0n) is 18.2. The van der Waals surface area contributed by atoms with E-state index >= 15 is 0 Å². The number of benzene rings is 1. The summed E-state index contributed by atoms with van der Waals surface area (Å²) in [7, 11) is 0. The highest BCUT2D eigenvalue weighted by Crippen LogP contribution is 2.36. The third kappa shape index (κ3) is 5.21. The Balaban J connectivity index is 1.52. The van der Waals surface area contributed by atoms with E-state index in [-0.39, 0.29) is 72.1 Å². The van der Waals surface area contributed by atoms with Crippen molar-refractivity contribution in [1.29, 1.82) is 0 Å². The molecule has 0 spiro atoms. The summed E-state index contributed by atoms with van der Waals surface area (Å²) < 4.78 is 56.3. The zero-order valence-corrected chi connectivity index (χ0v) is 19.0. The standard InChI is InChI=1S/C23H24ClF4N3O3/c24-16-6-5-15(18(25)10-16)11-31-19-12-30(8-7-17(19)21(29-31)23(26,27)28)20(32)9-13-1-3-14(4-2-13)22(33)34/h5-6,10,13-14H,1-4,7-9,11-12H2,(H,33,34). The molecule has 0 saturated heterocycles. The normalized spacial score (nSPS) is 20.8. The van der Waals surface area contributed by atoms with Gasteiger partial charge in [0.2, 0.25) is 5.91 Å². The Morgan fingerprint density at radius 2 is 1.88 bits per heavy atom. The lowest BCUT2D eigenvalue weighted by molar-refractivity contribution is -0.143. The fourth-order valence-corrected chi connectivity index (χ4v) is 5.01. The summed E-state index contributed by atoms with van der Waals surface area (Å²) in [5.74, 6) is -1.97. The third-order valence-electron chi connectivity index (χ3n) is 6.75. The number of nitrogens with zero attached hydrogens (tertiary/aromatic N) is 3. The molecule has 1 saturated carbocycles. The number of rotatable bonds is 5. The van der Waals surface area contributed by atoms with Crippen molar-refractivity contribution in [3.63, 3.8) is 0 Å². The van der Waals surface area contributed by atoms with E-state index in [1.54, 1.807) is 0 Å². The van der Waals surface area contributed by atoms with Crippen LogP contribution in [0.2, 0.25) is 5.02 Å². The van der Waals surface area contributed by atoms with Gasteiger partial charge in [-0.3, -0.25) is 14.3 Å². The van der Waals surface area contributed by atoms with Crippen LogP contribution in [0, 0.1) is 17.7 Å². The SMILES string of the molecule is O=C(O)C1CCC(CC(=O)N2CCc3c(C(F)(F)F)nn(Cc4ccc(Cl)cc4F)c3C2)CC1. The number of carboxylic acids is 1. The second kappa shape index (κ2) is 9.56. The van der Waals surface area contributed by atoms with Crippen LogP contribution in [0.3, 0.4) is 0 Å². The fourth-order valence-electron chi connectivity index (χ4n) is 4.85. The van der Waals surface area contributed by atoms with E-state index in [0.29, 0.717) is 25.7 Å². The average Bonchev–Trinajstić information content (AvgIpc) is 3.14. The van der Waals surface area contributed by atoms with Gasteiger partial charge in [-0.1, -0.05) is 17.7 Å². The first-order chi connectivity index (χ1) is 16.0. The number of aromatic nitrogens is 2. The first kappa shape index (κ1) is 24.5. The van der Waals surface area contributed by atoms with Crippen molar-refractivity contribution in [3.05, 3.63) is 51.6 Å². The molecule has 2 heterocycles. The number of carbonyl (C=O) groups is 2. The van der Waals surface area contributed by atoms with Crippen LogP contribution in [0.1, 0.15) is 54.6 Å². The molecule has 1 aromatic heterocycles. The number of carbonyl (C=O) groups excluding carboxylic acids is 1. The van der Waals surface area contributed by atoms with Crippen LogP contribution in [0.4, 0.5) is 17.6 Å². The minimum Gasteiger partial charge on any atom is -0.481 e. The molecule has 1 N–H and O–H groups in total. The second-order valence-corrected chi connectivity index (χ2v) is 9.43. The maximum absolute atomic E-state index is 14.3. The molecule has 0 atom stereocenters. The van der Waals surface area contributed by atoms with Gasteiger partial charge in [-0.05, 0) is 50.2 Å². The van der Waals surface area contributed by atoms with Crippen LogP contribution in [0.5, 0.6) is 0 Å². The Morgan fingerprint density at radius 3 is 2.50 bits per heavy atom. The van der Waals surface area contributed by atoms with E-state index in [0.717, 1.165) is 10.7 Å². The summed E-state index contributed by atoms with van der Waals surface area (Å²) in [6, 6.07) is 3.94. The number of amides is 1. The molecule has 0 bridgehead atoms. The molecule has 1 aliphatic carbocycles. The van der Waals surface area contributed by atoms with Crippen molar-refractivity contribution < 1.29 is 32.3 Å². The predicted molar refractivity (Wildman–Crippen MR) is 115 cm³/mol. The highest BCUT2D eigenvalue weighted by Gasteiger charge is 2.41. The van der Waals surface area contributed by atoms with Gasteiger partial charge in [0.05, 0.1) is 24.7 Å². The van der Waals surface area contributed by atoms with E-state index in [2.05, 4.69) is 5.10 Å². The van der Waals surface area contributed by atoms with Gasteiger partial charge in [-0.25, -0.2) is 4.39 Å². The first-order valence-electron chi connectivity index (χ1n) is 11.1. The number of carboxylic acid groups (broad SMARTS) is 1. The maximum Gasteiger partial charge on any atom is 0.435 e. The lowest BCUT2D eigenvalue weighted by atomic mass is 9.80. The monoisotopic (exact) mass is 501 g/mol. The van der Waals surface area contributed by atoms with Gasteiger partial charge in [0.1, 0.15) is 5.82 Å². The molecular weight excluding hydrogens is 478 g/mol. The minimum absolute atomic E-state index is 0.00473. The minimum atomic E-state index is -4.66. The highest BCUT2D eigenvalue weighted by molar-refractivity contribution is 6.30. The molecule has 2 aromatic rings. The van der Waals surface area contributed by atoms with E-state index in [4.69, 9.17) is 16.7 Å². The number of fused-ring (bicyclic) bond motifs is 1. The number of aliphatic carboxylic acids is 1. The topological polar surface area (TPSA) is 75.4 Å². The number of halogens is 5. The summed E-state index contributed by atoms with van der Waals surface area (Å²) in [6.45, 7) is -0.125. The first-order valence-corrected chi connectivity index (χ1v) is 11.5. The lowest BCUT2D eigenvalue weighted by Crippen LogP contribution is -2.38. The maximum atomic E-state index is 14.3. The summed E-state index contributed by atoms with van der Waals surface area (Å²) in [5, 5.41) is 13.1. The number of hydrogen-bond acceptors (Lipinski definition) is 3. The van der Waals surface area contributed by atoms with Crippen LogP contribution >= 0.6 is 11.6 Å². The molecule has 34 heavy (non-hydrogen) atoms. The Labute approximate surface area is 198 Å². The Bertz CT molecular complexity index is 1090. The van der Waals surface area contributed by atoms with Crippen LogP contribution in [0.15, 0.2) is 18.2 Å². The van der Waals surface area contributed by atoms with E-state index in [1.807, 2.05) is 0 Å². The van der Waals surface area contributed by atoms with E-state index in [1.165, 1.54) is 17.0 Å². The van der Waals surface area contributed by atoms with Gasteiger partial charge in [0.15, 0.2) is 5.69 Å². The van der Waals surface area contributed by atoms with Gasteiger partial charge < -0.3 is 10.0 Å². The summed E-state index contributed by atoms with van der Waals surface area (Å²) in [5.41, 5.74) is -0.582. The summed E-state index contributed by atoms with van der Waals surface area (Å²) >= 11 is 5.77. The fraction of sp³-hybridized carbons (Fsp3) is 0.522. The number of alkyl halides is 3. The molecule has 184 valence electrons. The van der Waals surface area contributed by atoms with Crippen molar-refractivity contribution in [1.82, 2.24) is 14.7 Å². The van der Waals surface area contributed by atoms with Crippen molar-refractivity contribution >= 4 is 23.5 Å². The molecule has 1 aromatic carbocycles. The summed E-state index contributed by atoms with van der Waals surface area (Å²) in [6.07, 6.45) is -2.12. The van der Waals surface area contributed by atoms with Crippen LogP contribution in [-0.4, -0.2) is 38.2 Å². The van der Waals surface area contributed by atoms with Crippen molar-refractivity contribution in [2.24, 2.45) is 11.8 Å². The van der Waals surface area contributed by atoms with Crippen molar-refractivity contribution in [2.75, 3.05) is 6.54 Å². The Hall–Kier alpha value is -2.62. The molecule has 6 nitrogen and oxygen atoms in total. The van der Waals surface area contributed by atoms with Gasteiger partial charge >= 0.3 is 12.1 Å². The van der Waals surface area contributed by atoms with Gasteiger partial charge in [-0.15, -0.1) is 0 Å². The zero-order chi connectivity index (χ0) is 24.6. The summed E-state index contributed by atoms with van der Waals surface area (Å²) in [4.78, 5) is 25.6. The van der Waals surface area contributed by atoms with Crippen molar-refractivity contribution in [3.8, 4) is 0 Å². The second-order valence-electron chi connectivity index (χ2n) is 8.99. The largest absolute Gasteiger partial charge is 0.481 e. The molecule has 1 aliphatic heterocycles. The Kier molecular flexibility index (Phi) is 6.89. The Morgan fingerprint density at radius 1 is 1.18 bits per heavy atom. The van der Waals surface area contributed by atoms with Gasteiger partial charge in [0, 0.05) is 29.1 Å². The van der Waals surface area contributed by atoms with Crippen LogP contribution in [0.25, 0.3) is 0 Å². The lowest BCUT2D eigenvalue weighted by Gasteiger charge is -2.31. The molecule has 1 amide bonds. The highest BCUT2D eigenvalue weighted by atomic mass is 35.5. The molecular formula is C23H24ClF4N3O3. The average molecular weight is 502 g/mol. The van der Waals surface area contributed by atoms with Crippen LogP contribution in [-0.2, 0) is 35.3 Å². The quantitative estimate of drug-likeness (QED) is 0.591. The molecule has 2 aliphatic rings. The van der Waals surface area contributed by atoms with E-state index in [9.17, 15) is 27.2 Å². The van der Waals surface area contributed by atoms with Gasteiger partial charge in [0.25, 0.3) is 0 Å². The molecule has 11 heteroatoms.